The molecule has 0 aliphatic carbocycles. The Morgan fingerprint density at radius 2 is 1.73 bits per heavy atom. The van der Waals surface area contributed by atoms with Gasteiger partial charge in [-0.25, -0.2) is 0 Å². The SMILES string of the molecule is Cc1ccc(N2CCN(CCCn3c(=O)c4cccn4c4cc(CO)ccc43)CC2=O)cc1. The van der Waals surface area contributed by atoms with Gasteiger partial charge in [0.2, 0.25) is 5.91 Å². The first kappa shape index (κ1) is 21.4. The molecule has 0 spiro atoms. The van der Waals surface area contributed by atoms with Gasteiger partial charge in [-0.15, -0.1) is 0 Å². The number of hydrogen-bond donors (Lipinski definition) is 1. The molecule has 0 radical (unpaired) electrons. The fourth-order valence-electron chi connectivity index (χ4n) is 4.69. The summed E-state index contributed by atoms with van der Waals surface area (Å²) < 4.78 is 3.70. The lowest BCUT2D eigenvalue weighted by atomic mass is 10.2. The average molecular weight is 445 g/mol. The topological polar surface area (TPSA) is 70.2 Å². The van der Waals surface area contributed by atoms with Crippen LogP contribution in [0.15, 0.2) is 65.6 Å². The molecule has 2 aromatic heterocycles. The molecule has 33 heavy (non-hydrogen) atoms. The largest absolute Gasteiger partial charge is 0.392 e. The molecule has 170 valence electrons. The first-order valence-corrected chi connectivity index (χ1v) is 11.4. The Bertz CT molecular complexity index is 1370. The molecule has 1 amide bonds. The number of carbonyl (C=O) groups is 1. The zero-order valence-corrected chi connectivity index (χ0v) is 18.8. The van der Waals surface area contributed by atoms with Gasteiger partial charge in [0, 0.05) is 38.1 Å². The van der Waals surface area contributed by atoms with Crippen LogP contribution in [0.4, 0.5) is 5.69 Å². The summed E-state index contributed by atoms with van der Waals surface area (Å²) in [7, 11) is 0. The number of carbonyl (C=O) groups excluding carboxylic acids is 1. The number of aryl methyl sites for hydroxylation is 2. The number of benzene rings is 2. The molecule has 4 aromatic rings. The summed E-state index contributed by atoms with van der Waals surface area (Å²) >= 11 is 0. The van der Waals surface area contributed by atoms with E-state index >= 15 is 0 Å². The zero-order valence-electron chi connectivity index (χ0n) is 18.8. The highest BCUT2D eigenvalue weighted by molar-refractivity contribution is 5.95. The summed E-state index contributed by atoms with van der Waals surface area (Å²) in [6.07, 6.45) is 2.65. The van der Waals surface area contributed by atoms with E-state index in [0.29, 0.717) is 25.2 Å². The van der Waals surface area contributed by atoms with Gasteiger partial charge in [0.25, 0.3) is 5.56 Å². The lowest BCUT2D eigenvalue weighted by Gasteiger charge is -2.34. The van der Waals surface area contributed by atoms with E-state index in [0.717, 1.165) is 41.8 Å². The molecule has 0 unspecified atom stereocenters. The van der Waals surface area contributed by atoms with Crippen molar-refractivity contribution in [1.29, 1.82) is 0 Å². The third-order valence-corrected chi connectivity index (χ3v) is 6.49. The van der Waals surface area contributed by atoms with Crippen LogP contribution in [0.5, 0.6) is 0 Å². The summed E-state index contributed by atoms with van der Waals surface area (Å²) in [4.78, 5) is 29.9. The van der Waals surface area contributed by atoms with Crippen molar-refractivity contribution in [1.82, 2.24) is 13.9 Å². The fraction of sp³-hybridized carbons (Fsp3) is 0.308. The van der Waals surface area contributed by atoms with Crippen LogP contribution in [-0.4, -0.2) is 51.1 Å². The minimum atomic E-state index is -0.0412. The Morgan fingerprint density at radius 1 is 0.909 bits per heavy atom. The summed E-state index contributed by atoms with van der Waals surface area (Å²) in [5.41, 5.74) is 5.30. The fourth-order valence-corrected chi connectivity index (χ4v) is 4.69. The number of amides is 1. The third-order valence-electron chi connectivity index (χ3n) is 6.49. The molecule has 1 aliphatic rings. The molecule has 0 bridgehead atoms. The standard InChI is InChI=1S/C26H28N4O3/c1-19-5-8-21(9-6-19)28-15-14-27(17-25(28)32)11-3-13-30-22-10-7-20(18-31)16-24(22)29-12-2-4-23(29)26(30)33/h2,4-10,12,16,31H,3,11,13-15,17-18H2,1H3. The normalized spacial score (nSPS) is 15.1. The molecular weight excluding hydrogens is 416 g/mol. The van der Waals surface area contributed by atoms with E-state index in [9.17, 15) is 14.7 Å². The van der Waals surface area contributed by atoms with Crippen molar-refractivity contribution in [3.05, 3.63) is 82.3 Å². The minimum absolute atomic E-state index is 0.0236. The third kappa shape index (κ3) is 4.05. The van der Waals surface area contributed by atoms with E-state index in [-0.39, 0.29) is 18.1 Å². The molecule has 1 fully saturated rings. The summed E-state index contributed by atoms with van der Waals surface area (Å²) in [6, 6.07) is 17.5. The van der Waals surface area contributed by atoms with Crippen molar-refractivity contribution < 1.29 is 9.90 Å². The quantitative estimate of drug-likeness (QED) is 0.497. The molecule has 5 rings (SSSR count). The van der Waals surface area contributed by atoms with E-state index in [4.69, 9.17) is 0 Å². The monoisotopic (exact) mass is 444 g/mol. The highest BCUT2D eigenvalue weighted by Gasteiger charge is 2.24. The highest BCUT2D eigenvalue weighted by Crippen LogP contribution is 2.20. The number of fused-ring (bicyclic) bond motifs is 3. The van der Waals surface area contributed by atoms with E-state index in [1.165, 1.54) is 5.56 Å². The summed E-state index contributed by atoms with van der Waals surface area (Å²) in [6.45, 7) is 5.20. The van der Waals surface area contributed by atoms with Crippen LogP contribution in [-0.2, 0) is 17.9 Å². The molecular formula is C26H28N4O3. The van der Waals surface area contributed by atoms with Crippen molar-refractivity contribution in [2.75, 3.05) is 31.1 Å². The van der Waals surface area contributed by atoms with Gasteiger partial charge in [0.05, 0.1) is 24.2 Å². The first-order valence-electron chi connectivity index (χ1n) is 11.4. The molecule has 1 saturated heterocycles. The van der Waals surface area contributed by atoms with Crippen molar-refractivity contribution in [2.45, 2.75) is 26.5 Å². The second kappa shape index (κ2) is 8.84. The number of hydrogen-bond acceptors (Lipinski definition) is 4. The molecule has 1 N–H and O–H groups in total. The molecule has 3 heterocycles. The smallest absolute Gasteiger partial charge is 0.275 e. The predicted molar refractivity (Wildman–Crippen MR) is 130 cm³/mol. The maximum absolute atomic E-state index is 13.1. The minimum Gasteiger partial charge on any atom is -0.392 e. The number of piperazine rings is 1. The second-order valence-electron chi connectivity index (χ2n) is 8.71. The lowest BCUT2D eigenvalue weighted by molar-refractivity contribution is -0.121. The molecule has 0 saturated carbocycles. The maximum atomic E-state index is 13.1. The lowest BCUT2D eigenvalue weighted by Crippen LogP contribution is -2.50. The number of aliphatic hydroxyl groups is 1. The van der Waals surface area contributed by atoms with Gasteiger partial charge < -0.3 is 19.0 Å². The van der Waals surface area contributed by atoms with E-state index in [2.05, 4.69) is 4.90 Å². The number of nitrogens with zero attached hydrogens (tertiary/aromatic N) is 4. The Balaban J connectivity index is 1.30. The molecule has 1 aliphatic heterocycles. The Hall–Kier alpha value is -3.42. The van der Waals surface area contributed by atoms with Gasteiger partial charge >= 0.3 is 0 Å². The molecule has 7 nitrogen and oxygen atoms in total. The number of rotatable bonds is 6. The highest BCUT2D eigenvalue weighted by atomic mass is 16.3. The van der Waals surface area contributed by atoms with E-state index < -0.39 is 0 Å². The van der Waals surface area contributed by atoms with Crippen LogP contribution in [0.1, 0.15) is 17.5 Å². The van der Waals surface area contributed by atoms with Gasteiger partial charge in [-0.1, -0.05) is 23.8 Å². The number of aromatic nitrogens is 2. The van der Waals surface area contributed by atoms with Crippen LogP contribution in [0.25, 0.3) is 16.6 Å². The number of anilines is 1. The van der Waals surface area contributed by atoms with Crippen LogP contribution in [0, 0.1) is 6.92 Å². The zero-order chi connectivity index (χ0) is 22.9. The predicted octanol–water partition coefficient (Wildman–Crippen LogP) is 2.79. The van der Waals surface area contributed by atoms with Crippen molar-refractivity contribution in [3.8, 4) is 0 Å². The number of aliphatic hydroxyl groups excluding tert-OH is 1. The van der Waals surface area contributed by atoms with Crippen molar-refractivity contribution in [2.24, 2.45) is 0 Å². The average Bonchev–Trinajstić information content (AvgIpc) is 3.32. The van der Waals surface area contributed by atoms with Crippen LogP contribution >= 0.6 is 0 Å². The molecule has 0 atom stereocenters. The maximum Gasteiger partial charge on any atom is 0.275 e. The Kier molecular flexibility index (Phi) is 5.74. The second-order valence-corrected chi connectivity index (χ2v) is 8.71. The van der Waals surface area contributed by atoms with Gasteiger partial charge in [0.1, 0.15) is 5.52 Å². The molecule has 2 aromatic carbocycles. The van der Waals surface area contributed by atoms with Crippen LogP contribution in [0.3, 0.4) is 0 Å². The summed E-state index contributed by atoms with van der Waals surface area (Å²) in [5, 5.41) is 9.54. The van der Waals surface area contributed by atoms with Gasteiger partial charge in [-0.3, -0.25) is 14.5 Å². The van der Waals surface area contributed by atoms with Crippen molar-refractivity contribution >= 4 is 28.1 Å². The van der Waals surface area contributed by atoms with E-state index in [1.54, 1.807) is 0 Å². The van der Waals surface area contributed by atoms with Gasteiger partial charge in [0.15, 0.2) is 0 Å². The van der Waals surface area contributed by atoms with Gasteiger partial charge in [-0.2, -0.15) is 0 Å². The van der Waals surface area contributed by atoms with Crippen LogP contribution < -0.4 is 10.5 Å². The van der Waals surface area contributed by atoms with Crippen LogP contribution in [0.2, 0.25) is 0 Å². The Labute approximate surface area is 192 Å². The van der Waals surface area contributed by atoms with Crippen molar-refractivity contribution in [3.63, 3.8) is 0 Å². The molecule has 7 heteroatoms. The summed E-state index contributed by atoms with van der Waals surface area (Å²) in [5.74, 6) is 0.110. The first-order chi connectivity index (χ1) is 16.0. The van der Waals surface area contributed by atoms with Gasteiger partial charge in [-0.05, 0) is 55.3 Å². The Morgan fingerprint density at radius 3 is 2.48 bits per heavy atom. The van der Waals surface area contributed by atoms with E-state index in [1.807, 2.05) is 81.6 Å².